The number of hydrogen-bond acceptors (Lipinski definition) is 1. The zero-order valence-electron chi connectivity index (χ0n) is 9.65. The van der Waals surface area contributed by atoms with E-state index in [-0.39, 0.29) is 28.7 Å². The van der Waals surface area contributed by atoms with Gasteiger partial charge >= 0.3 is 0 Å². The summed E-state index contributed by atoms with van der Waals surface area (Å²) in [5.74, 6) is 0.364. The van der Waals surface area contributed by atoms with E-state index in [1.54, 1.807) is 0 Å². The van der Waals surface area contributed by atoms with Gasteiger partial charge in [0.2, 0.25) is 5.91 Å². The lowest BCUT2D eigenvalue weighted by Gasteiger charge is -2.11. The summed E-state index contributed by atoms with van der Waals surface area (Å²) in [5.41, 5.74) is 0.284. The molecule has 1 saturated carbocycles. The van der Waals surface area contributed by atoms with Crippen LogP contribution in [0.3, 0.4) is 0 Å². The molecule has 1 amide bonds. The zero-order valence-corrected chi connectivity index (χ0v) is 11.2. The third kappa shape index (κ3) is 1.71. The summed E-state index contributed by atoms with van der Waals surface area (Å²) in [7, 11) is 0. The van der Waals surface area contributed by atoms with Crippen LogP contribution in [0.2, 0.25) is 0 Å². The molecule has 1 aliphatic carbocycles. The SMILES string of the molecule is CC(CBr)NC(=O)C1C(C)(C)C1(C)C. The van der Waals surface area contributed by atoms with Gasteiger partial charge in [0.05, 0.1) is 0 Å². The van der Waals surface area contributed by atoms with Crippen molar-refractivity contribution in [1.29, 1.82) is 0 Å². The lowest BCUT2D eigenvalue weighted by Crippen LogP contribution is -2.36. The number of carbonyl (C=O) groups is 1. The van der Waals surface area contributed by atoms with Crippen LogP contribution in [0.15, 0.2) is 0 Å². The molecule has 0 aliphatic heterocycles. The van der Waals surface area contributed by atoms with E-state index in [0.717, 1.165) is 5.33 Å². The summed E-state index contributed by atoms with van der Waals surface area (Å²) in [6, 6.07) is 0.217. The highest BCUT2D eigenvalue weighted by Crippen LogP contribution is 2.68. The molecule has 0 aromatic rings. The van der Waals surface area contributed by atoms with E-state index in [1.807, 2.05) is 6.92 Å². The highest BCUT2D eigenvalue weighted by atomic mass is 79.9. The van der Waals surface area contributed by atoms with Crippen molar-refractivity contribution >= 4 is 21.8 Å². The molecule has 1 rings (SSSR count). The van der Waals surface area contributed by atoms with Crippen LogP contribution in [0, 0.1) is 16.7 Å². The maximum Gasteiger partial charge on any atom is 0.224 e. The Morgan fingerprint density at radius 2 is 1.79 bits per heavy atom. The second kappa shape index (κ2) is 3.51. The molecule has 1 unspecified atom stereocenters. The minimum Gasteiger partial charge on any atom is -0.353 e. The normalized spacial score (nSPS) is 25.6. The largest absolute Gasteiger partial charge is 0.353 e. The van der Waals surface area contributed by atoms with Gasteiger partial charge in [-0.3, -0.25) is 4.79 Å². The predicted octanol–water partition coefficient (Wildman–Crippen LogP) is 2.57. The summed E-state index contributed by atoms with van der Waals surface area (Å²) >= 11 is 3.36. The molecule has 0 spiro atoms. The van der Waals surface area contributed by atoms with Gasteiger partial charge in [-0.1, -0.05) is 43.6 Å². The van der Waals surface area contributed by atoms with Gasteiger partial charge in [0.25, 0.3) is 0 Å². The Labute approximate surface area is 95.0 Å². The smallest absolute Gasteiger partial charge is 0.224 e. The highest BCUT2D eigenvalue weighted by Gasteiger charge is 2.68. The Hall–Kier alpha value is -0.0500. The van der Waals surface area contributed by atoms with E-state index in [9.17, 15) is 4.79 Å². The fourth-order valence-corrected chi connectivity index (χ4v) is 2.38. The molecular formula is C11H20BrNO. The fourth-order valence-electron chi connectivity index (χ4n) is 2.22. The van der Waals surface area contributed by atoms with Crippen LogP contribution >= 0.6 is 15.9 Å². The molecule has 1 aliphatic rings. The van der Waals surface area contributed by atoms with Crippen molar-refractivity contribution in [2.75, 3.05) is 5.33 Å². The molecule has 2 nitrogen and oxygen atoms in total. The Morgan fingerprint density at radius 3 is 2.07 bits per heavy atom. The minimum absolute atomic E-state index is 0.142. The summed E-state index contributed by atoms with van der Waals surface area (Å²) in [6.45, 7) is 10.7. The summed E-state index contributed by atoms with van der Waals surface area (Å²) in [5, 5.41) is 3.83. The van der Waals surface area contributed by atoms with Gasteiger partial charge in [-0.05, 0) is 17.8 Å². The maximum atomic E-state index is 11.9. The summed E-state index contributed by atoms with van der Waals surface area (Å²) in [6.07, 6.45) is 0. The first-order chi connectivity index (χ1) is 6.25. The fraction of sp³-hybridized carbons (Fsp3) is 0.909. The molecule has 0 bridgehead atoms. The monoisotopic (exact) mass is 261 g/mol. The van der Waals surface area contributed by atoms with Crippen molar-refractivity contribution in [1.82, 2.24) is 5.32 Å². The van der Waals surface area contributed by atoms with Crippen molar-refractivity contribution in [3.05, 3.63) is 0 Å². The van der Waals surface area contributed by atoms with Crippen molar-refractivity contribution in [3.8, 4) is 0 Å². The molecular weight excluding hydrogens is 242 g/mol. The molecule has 3 heteroatoms. The van der Waals surface area contributed by atoms with Crippen LogP contribution in [-0.4, -0.2) is 17.3 Å². The maximum absolute atomic E-state index is 11.9. The van der Waals surface area contributed by atoms with Crippen LogP contribution in [0.4, 0.5) is 0 Å². The highest BCUT2D eigenvalue weighted by molar-refractivity contribution is 9.09. The number of alkyl halides is 1. The zero-order chi connectivity index (χ0) is 11.1. The first-order valence-electron chi connectivity index (χ1n) is 5.11. The van der Waals surface area contributed by atoms with Gasteiger partial charge in [-0.2, -0.15) is 0 Å². The second-order valence-corrected chi connectivity index (χ2v) is 6.09. The third-order valence-electron chi connectivity index (χ3n) is 3.90. The molecule has 14 heavy (non-hydrogen) atoms. The van der Waals surface area contributed by atoms with Crippen molar-refractivity contribution in [2.24, 2.45) is 16.7 Å². The topological polar surface area (TPSA) is 29.1 Å². The van der Waals surface area contributed by atoms with Crippen molar-refractivity contribution < 1.29 is 4.79 Å². The van der Waals surface area contributed by atoms with Gasteiger partial charge in [0.15, 0.2) is 0 Å². The Balaban J connectivity index is 2.58. The third-order valence-corrected chi connectivity index (χ3v) is 4.87. The first-order valence-corrected chi connectivity index (χ1v) is 6.23. The number of amides is 1. The van der Waals surface area contributed by atoms with Gasteiger partial charge in [0.1, 0.15) is 0 Å². The van der Waals surface area contributed by atoms with Crippen molar-refractivity contribution in [2.45, 2.75) is 40.7 Å². The molecule has 0 aromatic carbocycles. The average molecular weight is 262 g/mol. The van der Waals surface area contributed by atoms with Crippen LogP contribution < -0.4 is 5.32 Å². The lowest BCUT2D eigenvalue weighted by molar-refractivity contribution is -0.123. The van der Waals surface area contributed by atoms with Crippen molar-refractivity contribution in [3.63, 3.8) is 0 Å². The summed E-state index contributed by atoms with van der Waals surface area (Å²) in [4.78, 5) is 11.9. The molecule has 0 saturated heterocycles. The number of hydrogen-bond donors (Lipinski definition) is 1. The number of nitrogens with one attached hydrogen (secondary N) is 1. The van der Waals surface area contributed by atoms with E-state index >= 15 is 0 Å². The van der Waals surface area contributed by atoms with E-state index in [4.69, 9.17) is 0 Å². The Kier molecular flexibility index (Phi) is 3.01. The summed E-state index contributed by atoms with van der Waals surface area (Å²) < 4.78 is 0. The van der Waals surface area contributed by atoms with Crippen LogP contribution in [-0.2, 0) is 4.79 Å². The standard InChI is InChI=1S/C11H20BrNO/c1-7(6-12)13-9(14)8-10(2,3)11(8,4)5/h7-8H,6H2,1-5H3,(H,13,14). The van der Waals surface area contributed by atoms with E-state index < -0.39 is 0 Å². The number of carbonyl (C=O) groups excluding carboxylic acids is 1. The van der Waals surface area contributed by atoms with Crippen LogP contribution in [0.5, 0.6) is 0 Å². The van der Waals surface area contributed by atoms with Crippen LogP contribution in [0.1, 0.15) is 34.6 Å². The Bertz CT molecular complexity index is 234. The van der Waals surface area contributed by atoms with Gasteiger partial charge in [-0.25, -0.2) is 0 Å². The molecule has 1 atom stereocenters. The predicted molar refractivity (Wildman–Crippen MR) is 62.5 cm³/mol. The molecule has 0 aromatic heterocycles. The van der Waals surface area contributed by atoms with Gasteiger partial charge < -0.3 is 5.32 Å². The van der Waals surface area contributed by atoms with Gasteiger partial charge in [0, 0.05) is 17.3 Å². The molecule has 82 valence electrons. The first kappa shape index (κ1) is 12.0. The van der Waals surface area contributed by atoms with E-state index in [2.05, 4.69) is 48.9 Å². The molecule has 0 radical (unpaired) electrons. The minimum atomic E-state index is 0.142. The lowest BCUT2D eigenvalue weighted by atomic mass is 10.0. The van der Waals surface area contributed by atoms with Gasteiger partial charge in [-0.15, -0.1) is 0 Å². The number of halogens is 1. The molecule has 0 heterocycles. The molecule has 1 fully saturated rings. The second-order valence-electron chi connectivity index (χ2n) is 5.44. The average Bonchev–Trinajstić information content (AvgIpc) is 2.42. The quantitative estimate of drug-likeness (QED) is 0.778. The molecule has 1 N–H and O–H groups in total. The van der Waals surface area contributed by atoms with Crippen LogP contribution in [0.25, 0.3) is 0 Å². The van der Waals surface area contributed by atoms with E-state index in [0.29, 0.717) is 0 Å². The number of rotatable bonds is 3. The van der Waals surface area contributed by atoms with E-state index in [1.165, 1.54) is 0 Å². The Morgan fingerprint density at radius 1 is 1.36 bits per heavy atom.